The first kappa shape index (κ1) is 15.8. The third-order valence-electron chi connectivity index (χ3n) is 2.66. The summed E-state index contributed by atoms with van der Waals surface area (Å²) in [5.74, 6) is -0.362. The van der Waals surface area contributed by atoms with E-state index < -0.39 is 11.7 Å². The molecule has 3 nitrogen and oxygen atoms in total. The van der Waals surface area contributed by atoms with Crippen molar-refractivity contribution in [1.29, 1.82) is 0 Å². The Labute approximate surface area is 135 Å². The standard InChI is InChI=1S/C15H12BrClFNO2/c1-2-21-14-6-4-10(8-13(14)17)19-15(20)11-7-9(18)3-5-12(11)16/h3-8H,2H2,1H3,(H,19,20). The number of anilines is 1. The minimum atomic E-state index is -0.479. The van der Waals surface area contributed by atoms with Crippen molar-refractivity contribution in [3.8, 4) is 5.75 Å². The van der Waals surface area contributed by atoms with Gasteiger partial charge < -0.3 is 10.1 Å². The van der Waals surface area contributed by atoms with Gasteiger partial charge in [-0.1, -0.05) is 11.6 Å². The van der Waals surface area contributed by atoms with Gasteiger partial charge in [0.2, 0.25) is 0 Å². The smallest absolute Gasteiger partial charge is 0.256 e. The van der Waals surface area contributed by atoms with Crippen LogP contribution in [0.15, 0.2) is 40.9 Å². The number of rotatable bonds is 4. The van der Waals surface area contributed by atoms with Crippen LogP contribution in [0.3, 0.4) is 0 Å². The first-order chi connectivity index (χ1) is 10.0. The number of hydrogen-bond donors (Lipinski definition) is 1. The highest BCUT2D eigenvalue weighted by molar-refractivity contribution is 9.10. The lowest BCUT2D eigenvalue weighted by Gasteiger charge is -2.10. The van der Waals surface area contributed by atoms with E-state index in [1.54, 1.807) is 18.2 Å². The first-order valence-corrected chi connectivity index (χ1v) is 7.37. The van der Waals surface area contributed by atoms with Gasteiger partial charge in [-0.3, -0.25) is 4.79 Å². The van der Waals surface area contributed by atoms with Gasteiger partial charge >= 0.3 is 0 Å². The van der Waals surface area contributed by atoms with E-state index in [9.17, 15) is 9.18 Å². The van der Waals surface area contributed by atoms with Crippen LogP contribution in [0.4, 0.5) is 10.1 Å². The average molecular weight is 373 g/mol. The molecule has 0 radical (unpaired) electrons. The van der Waals surface area contributed by atoms with Crippen LogP contribution < -0.4 is 10.1 Å². The Bertz CT molecular complexity index is 679. The highest BCUT2D eigenvalue weighted by Gasteiger charge is 2.12. The summed E-state index contributed by atoms with van der Waals surface area (Å²) < 4.78 is 19.0. The molecule has 0 aromatic heterocycles. The van der Waals surface area contributed by atoms with Gasteiger partial charge in [0.25, 0.3) is 5.91 Å². The summed E-state index contributed by atoms with van der Waals surface area (Å²) >= 11 is 9.27. The lowest BCUT2D eigenvalue weighted by atomic mass is 10.2. The summed E-state index contributed by atoms with van der Waals surface area (Å²) in [6.07, 6.45) is 0. The minimum Gasteiger partial charge on any atom is -0.492 e. The monoisotopic (exact) mass is 371 g/mol. The highest BCUT2D eigenvalue weighted by Crippen LogP contribution is 2.28. The minimum absolute atomic E-state index is 0.208. The molecule has 21 heavy (non-hydrogen) atoms. The zero-order chi connectivity index (χ0) is 15.4. The third-order valence-corrected chi connectivity index (χ3v) is 3.65. The Hall–Kier alpha value is -1.59. The second kappa shape index (κ2) is 6.91. The molecule has 0 unspecified atom stereocenters. The molecule has 6 heteroatoms. The van der Waals surface area contributed by atoms with Gasteiger partial charge in [0, 0.05) is 10.2 Å². The molecule has 0 saturated heterocycles. The molecule has 0 fully saturated rings. The number of halogens is 3. The van der Waals surface area contributed by atoms with Crippen molar-refractivity contribution in [3.63, 3.8) is 0 Å². The normalized spacial score (nSPS) is 10.3. The largest absolute Gasteiger partial charge is 0.492 e. The third kappa shape index (κ3) is 3.95. The maximum Gasteiger partial charge on any atom is 0.256 e. The molecule has 1 amide bonds. The predicted octanol–water partition coefficient (Wildman–Crippen LogP) is 4.89. The summed E-state index contributed by atoms with van der Waals surface area (Å²) in [5, 5.41) is 3.06. The molecule has 2 aromatic carbocycles. The Balaban J connectivity index is 2.19. The first-order valence-electron chi connectivity index (χ1n) is 6.20. The molecule has 0 bridgehead atoms. The lowest BCUT2D eigenvalue weighted by molar-refractivity contribution is 0.102. The van der Waals surface area contributed by atoms with Crippen LogP contribution in [0.25, 0.3) is 0 Å². The van der Waals surface area contributed by atoms with E-state index in [1.807, 2.05) is 6.92 Å². The Morgan fingerprint density at radius 1 is 1.33 bits per heavy atom. The fourth-order valence-corrected chi connectivity index (χ4v) is 2.38. The lowest BCUT2D eigenvalue weighted by Crippen LogP contribution is -2.13. The maximum atomic E-state index is 13.2. The van der Waals surface area contributed by atoms with Crippen molar-refractivity contribution in [2.45, 2.75) is 6.92 Å². The number of carbonyl (C=O) groups excluding carboxylic acids is 1. The number of hydrogen-bond acceptors (Lipinski definition) is 2. The van der Waals surface area contributed by atoms with Crippen LogP contribution in [0.5, 0.6) is 5.75 Å². The molecule has 2 aromatic rings. The SMILES string of the molecule is CCOc1ccc(NC(=O)c2cc(F)ccc2Br)cc1Cl. The molecule has 0 atom stereocenters. The van der Waals surface area contributed by atoms with E-state index in [1.165, 1.54) is 12.1 Å². The zero-order valence-electron chi connectivity index (χ0n) is 11.1. The summed E-state index contributed by atoms with van der Waals surface area (Å²) in [4.78, 5) is 12.1. The second-order valence-corrected chi connectivity index (χ2v) is 5.42. The topological polar surface area (TPSA) is 38.3 Å². The average Bonchev–Trinajstić information content (AvgIpc) is 2.44. The maximum absolute atomic E-state index is 13.2. The number of nitrogens with one attached hydrogen (secondary N) is 1. The quantitative estimate of drug-likeness (QED) is 0.829. The van der Waals surface area contributed by atoms with Crippen LogP contribution in [-0.2, 0) is 0 Å². The van der Waals surface area contributed by atoms with Gasteiger partial charge in [-0.25, -0.2) is 4.39 Å². The van der Waals surface area contributed by atoms with E-state index in [-0.39, 0.29) is 5.56 Å². The Morgan fingerprint density at radius 3 is 2.76 bits per heavy atom. The molecular formula is C15H12BrClFNO2. The zero-order valence-corrected chi connectivity index (χ0v) is 13.5. The van der Waals surface area contributed by atoms with E-state index in [0.29, 0.717) is 27.5 Å². The molecule has 0 aliphatic heterocycles. The summed E-state index contributed by atoms with van der Waals surface area (Å²) in [5.41, 5.74) is 0.713. The Morgan fingerprint density at radius 2 is 2.10 bits per heavy atom. The molecule has 110 valence electrons. The fraction of sp³-hybridized carbons (Fsp3) is 0.133. The van der Waals surface area contributed by atoms with Gasteiger partial charge in [0.15, 0.2) is 0 Å². The van der Waals surface area contributed by atoms with Crippen molar-refractivity contribution in [2.75, 3.05) is 11.9 Å². The van der Waals surface area contributed by atoms with Crippen molar-refractivity contribution in [1.82, 2.24) is 0 Å². The molecule has 0 aliphatic rings. The van der Waals surface area contributed by atoms with Crippen molar-refractivity contribution in [3.05, 3.63) is 57.3 Å². The number of benzene rings is 2. The summed E-state index contributed by atoms with van der Waals surface area (Å²) in [7, 11) is 0. The fourth-order valence-electron chi connectivity index (χ4n) is 1.72. The molecule has 0 spiro atoms. The summed E-state index contributed by atoms with van der Waals surface area (Å²) in [6, 6.07) is 8.83. The van der Waals surface area contributed by atoms with Crippen LogP contribution in [0.2, 0.25) is 5.02 Å². The van der Waals surface area contributed by atoms with E-state index in [0.717, 1.165) is 6.07 Å². The van der Waals surface area contributed by atoms with E-state index in [4.69, 9.17) is 16.3 Å². The predicted molar refractivity (Wildman–Crippen MR) is 84.7 cm³/mol. The second-order valence-electron chi connectivity index (χ2n) is 4.16. The molecular weight excluding hydrogens is 361 g/mol. The molecule has 0 heterocycles. The van der Waals surface area contributed by atoms with Gasteiger partial charge in [-0.15, -0.1) is 0 Å². The van der Waals surface area contributed by atoms with Crippen molar-refractivity contribution < 1.29 is 13.9 Å². The van der Waals surface area contributed by atoms with Crippen LogP contribution in [0.1, 0.15) is 17.3 Å². The van der Waals surface area contributed by atoms with Crippen molar-refractivity contribution in [2.24, 2.45) is 0 Å². The summed E-state index contributed by atoms with van der Waals surface area (Å²) in [6.45, 7) is 2.36. The van der Waals surface area contributed by atoms with E-state index >= 15 is 0 Å². The number of amides is 1. The number of carbonyl (C=O) groups is 1. The van der Waals surface area contributed by atoms with Crippen LogP contribution >= 0.6 is 27.5 Å². The van der Waals surface area contributed by atoms with Gasteiger partial charge in [0.1, 0.15) is 11.6 Å². The van der Waals surface area contributed by atoms with Crippen LogP contribution in [-0.4, -0.2) is 12.5 Å². The van der Waals surface area contributed by atoms with E-state index in [2.05, 4.69) is 21.2 Å². The molecule has 2 rings (SSSR count). The number of ether oxygens (including phenoxy) is 1. The molecule has 1 N–H and O–H groups in total. The van der Waals surface area contributed by atoms with Crippen molar-refractivity contribution >= 4 is 39.1 Å². The van der Waals surface area contributed by atoms with Crippen LogP contribution in [0, 0.1) is 5.82 Å². The van der Waals surface area contributed by atoms with Gasteiger partial charge in [-0.2, -0.15) is 0 Å². The van der Waals surface area contributed by atoms with Gasteiger partial charge in [-0.05, 0) is 59.3 Å². The molecule has 0 aliphatic carbocycles. The Kier molecular flexibility index (Phi) is 5.20. The molecule has 0 saturated carbocycles. The highest BCUT2D eigenvalue weighted by atomic mass is 79.9. The van der Waals surface area contributed by atoms with Gasteiger partial charge in [0.05, 0.1) is 17.2 Å².